The van der Waals surface area contributed by atoms with E-state index < -0.39 is 10.0 Å². The molecule has 0 amide bonds. The number of piperazine rings is 1. The molecule has 1 fully saturated rings. The molecule has 192 valence electrons. The van der Waals surface area contributed by atoms with Crippen LogP contribution in [0.2, 0.25) is 0 Å². The summed E-state index contributed by atoms with van der Waals surface area (Å²) in [5.41, 5.74) is 1.59. The SMILES string of the molecule is CCOc1cc(S(=O)(=O)N2CCN(Cc3ccc4c(c3)OCO4)CC2)c(OCC)cc1-n1cnnn1. The molecule has 2 aliphatic heterocycles. The maximum atomic E-state index is 13.7. The van der Waals surface area contributed by atoms with Gasteiger partial charge in [-0.1, -0.05) is 6.07 Å². The molecular weight excluding hydrogens is 488 g/mol. The zero-order chi connectivity index (χ0) is 25.1. The lowest BCUT2D eigenvalue weighted by Crippen LogP contribution is -2.48. The standard InChI is InChI=1S/C23H28N6O6S/c1-3-32-20-13-23(22(33-4-2)12-18(20)29-15-24-25-26-29)36(30,31)28-9-7-27(8-10-28)14-17-5-6-19-21(11-17)35-16-34-19/h5-6,11-13,15H,3-4,7-10,14,16H2,1-2H3. The Morgan fingerprint density at radius 3 is 2.42 bits per heavy atom. The van der Waals surface area contributed by atoms with Crippen molar-refractivity contribution >= 4 is 10.0 Å². The summed E-state index contributed by atoms with van der Waals surface area (Å²) in [5.74, 6) is 2.08. The van der Waals surface area contributed by atoms with Crippen LogP contribution in [0.15, 0.2) is 41.6 Å². The Balaban J connectivity index is 1.35. The average molecular weight is 517 g/mol. The van der Waals surface area contributed by atoms with E-state index >= 15 is 0 Å². The molecule has 0 N–H and O–H groups in total. The van der Waals surface area contributed by atoms with Gasteiger partial charge in [-0.25, -0.2) is 8.42 Å². The maximum absolute atomic E-state index is 13.7. The van der Waals surface area contributed by atoms with Crippen LogP contribution >= 0.6 is 0 Å². The number of aromatic nitrogens is 4. The van der Waals surface area contributed by atoms with Gasteiger partial charge in [-0.3, -0.25) is 4.90 Å². The van der Waals surface area contributed by atoms with Gasteiger partial charge < -0.3 is 18.9 Å². The maximum Gasteiger partial charge on any atom is 0.246 e. The molecule has 13 heteroatoms. The third kappa shape index (κ3) is 4.81. The number of fused-ring (bicyclic) bond motifs is 1. The number of benzene rings is 2. The number of rotatable bonds is 9. The van der Waals surface area contributed by atoms with E-state index in [-0.39, 0.29) is 17.4 Å². The van der Waals surface area contributed by atoms with Crippen LogP contribution in [0.4, 0.5) is 0 Å². The normalized spacial score (nSPS) is 16.3. The van der Waals surface area contributed by atoms with E-state index in [1.165, 1.54) is 21.4 Å². The van der Waals surface area contributed by atoms with Crippen molar-refractivity contribution in [3.05, 3.63) is 42.2 Å². The lowest BCUT2D eigenvalue weighted by Gasteiger charge is -2.34. The highest BCUT2D eigenvalue weighted by Crippen LogP contribution is 2.37. The molecule has 0 aliphatic carbocycles. The van der Waals surface area contributed by atoms with Crippen LogP contribution < -0.4 is 18.9 Å². The quantitative estimate of drug-likeness (QED) is 0.415. The van der Waals surface area contributed by atoms with Crippen molar-refractivity contribution in [1.29, 1.82) is 0 Å². The van der Waals surface area contributed by atoms with Crippen LogP contribution in [0.25, 0.3) is 5.69 Å². The number of tetrazole rings is 1. The molecule has 0 bridgehead atoms. The van der Waals surface area contributed by atoms with Gasteiger partial charge in [0.15, 0.2) is 11.5 Å². The third-order valence-corrected chi connectivity index (χ3v) is 7.93. The second kappa shape index (κ2) is 10.3. The minimum Gasteiger partial charge on any atom is -0.492 e. The number of ether oxygens (including phenoxy) is 4. The first-order valence-corrected chi connectivity index (χ1v) is 13.2. The summed E-state index contributed by atoms with van der Waals surface area (Å²) in [6.45, 7) is 7.12. The van der Waals surface area contributed by atoms with Gasteiger partial charge in [0.1, 0.15) is 28.4 Å². The Labute approximate surface area is 209 Å². The summed E-state index contributed by atoms with van der Waals surface area (Å²) < 4.78 is 52.7. The fraction of sp³-hybridized carbons (Fsp3) is 0.435. The van der Waals surface area contributed by atoms with Crippen LogP contribution in [0.1, 0.15) is 19.4 Å². The summed E-state index contributed by atoms with van der Waals surface area (Å²) in [7, 11) is -3.84. The Hall–Kier alpha value is -3.42. The second-order valence-electron chi connectivity index (χ2n) is 8.25. The van der Waals surface area contributed by atoms with Crippen molar-refractivity contribution in [2.75, 3.05) is 46.2 Å². The lowest BCUT2D eigenvalue weighted by molar-refractivity contribution is 0.173. The van der Waals surface area contributed by atoms with Crippen molar-refractivity contribution in [2.24, 2.45) is 0 Å². The zero-order valence-electron chi connectivity index (χ0n) is 20.2. The minimum atomic E-state index is -3.84. The molecule has 3 heterocycles. The lowest BCUT2D eigenvalue weighted by atomic mass is 10.2. The highest BCUT2D eigenvalue weighted by molar-refractivity contribution is 7.89. The molecule has 0 radical (unpaired) electrons. The van der Waals surface area contributed by atoms with Crippen LogP contribution in [-0.4, -0.2) is 84.0 Å². The number of sulfonamides is 1. The Morgan fingerprint density at radius 1 is 0.944 bits per heavy atom. The fourth-order valence-electron chi connectivity index (χ4n) is 4.29. The molecule has 12 nitrogen and oxygen atoms in total. The van der Waals surface area contributed by atoms with E-state index in [0.717, 1.165) is 17.1 Å². The van der Waals surface area contributed by atoms with E-state index in [9.17, 15) is 8.42 Å². The molecule has 3 aromatic rings. The molecule has 0 saturated carbocycles. The summed E-state index contributed by atoms with van der Waals surface area (Å²) >= 11 is 0. The van der Waals surface area contributed by atoms with E-state index in [1.807, 2.05) is 25.1 Å². The number of hydrogen-bond donors (Lipinski definition) is 0. The van der Waals surface area contributed by atoms with Crippen LogP contribution in [0, 0.1) is 0 Å². The molecular formula is C23H28N6O6S. The van der Waals surface area contributed by atoms with Crippen molar-refractivity contribution in [3.8, 4) is 28.7 Å². The van der Waals surface area contributed by atoms with Gasteiger partial charge in [-0.05, 0) is 42.0 Å². The molecule has 1 saturated heterocycles. The highest BCUT2D eigenvalue weighted by Gasteiger charge is 2.32. The summed E-state index contributed by atoms with van der Waals surface area (Å²) in [4.78, 5) is 2.29. The molecule has 2 aromatic carbocycles. The Morgan fingerprint density at radius 2 is 1.69 bits per heavy atom. The number of nitrogens with zero attached hydrogens (tertiary/aromatic N) is 6. The largest absolute Gasteiger partial charge is 0.492 e. The van der Waals surface area contributed by atoms with Gasteiger partial charge in [0.05, 0.1) is 13.2 Å². The minimum absolute atomic E-state index is 0.0637. The molecule has 1 aromatic heterocycles. The third-order valence-electron chi connectivity index (χ3n) is 6.01. The molecule has 36 heavy (non-hydrogen) atoms. The molecule has 0 unspecified atom stereocenters. The van der Waals surface area contributed by atoms with E-state index in [0.29, 0.717) is 57.4 Å². The Bertz CT molecular complexity index is 1310. The predicted molar refractivity (Wildman–Crippen MR) is 128 cm³/mol. The molecule has 5 rings (SSSR count). The first-order valence-electron chi connectivity index (χ1n) is 11.8. The highest BCUT2D eigenvalue weighted by atomic mass is 32.2. The van der Waals surface area contributed by atoms with E-state index in [1.54, 1.807) is 13.0 Å². The van der Waals surface area contributed by atoms with Crippen LogP contribution in [0.5, 0.6) is 23.0 Å². The summed E-state index contributed by atoms with van der Waals surface area (Å²) in [5, 5.41) is 11.2. The predicted octanol–water partition coefficient (Wildman–Crippen LogP) is 1.69. The molecule has 0 atom stereocenters. The van der Waals surface area contributed by atoms with Gasteiger partial charge in [0.2, 0.25) is 16.8 Å². The monoisotopic (exact) mass is 516 g/mol. The van der Waals surface area contributed by atoms with Gasteiger partial charge in [-0.15, -0.1) is 5.10 Å². The van der Waals surface area contributed by atoms with Gasteiger partial charge in [-0.2, -0.15) is 8.99 Å². The number of hydrogen-bond acceptors (Lipinski definition) is 10. The van der Waals surface area contributed by atoms with Crippen molar-refractivity contribution in [1.82, 2.24) is 29.4 Å². The Kier molecular flexibility index (Phi) is 6.94. The smallest absolute Gasteiger partial charge is 0.246 e. The molecule has 0 spiro atoms. The van der Waals surface area contributed by atoms with E-state index in [2.05, 4.69) is 20.4 Å². The summed E-state index contributed by atoms with van der Waals surface area (Å²) in [6.07, 6.45) is 1.42. The first-order chi connectivity index (χ1) is 17.5. The van der Waals surface area contributed by atoms with Gasteiger partial charge >= 0.3 is 0 Å². The van der Waals surface area contributed by atoms with Crippen molar-refractivity contribution in [3.63, 3.8) is 0 Å². The van der Waals surface area contributed by atoms with Crippen LogP contribution in [-0.2, 0) is 16.6 Å². The van der Waals surface area contributed by atoms with Crippen molar-refractivity contribution in [2.45, 2.75) is 25.3 Å². The van der Waals surface area contributed by atoms with Crippen molar-refractivity contribution < 1.29 is 27.4 Å². The zero-order valence-corrected chi connectivity index (χ0v) is 21.0. The average Bonchev–Trinajstić information content (AvgIpc) is 3.57. The summed E-state index contributed by atoms with van der Waals surface area (Å²) in [6, 6.07) is 8.99. The van der Waals surface area contributed by atoms with E-state index in [4.69, 9.17) is 18.9 Å². The van der Waals surface area contributed by atoms with Crippen LogP contribution in [0.3, 0.4) is 0 Å². The first kappa shape index (κ1) is 24.3. The fourth-order valence-corrected chi connectivity index (χ4v) is 5.84. The van der Waals surface area contributed by atoms with Gasteiger partial charge in [0, 0.05) is 44.9 Å². The topological polar surface area (TPSA) is 121 Å². The van der Waals surface area contributed by atoms with Gasteiger partial charge in [0.25, 0.3) is 0 Å². The molecule has 2 aliphatic rings. The second-order valence-corrected chi connectivity index (χ2v) is 10.2.